The number of guanidine groups is 1. The van der Waals surface area contributed by atoms with Crippen LogP contribution in [0.25, 0.3) is 0 Å². The third-order valence-electron chi connectivity index (χ3n) is 3.42. The summed E-state index contributed by atoms with van der Waals surface area (Å²) in [7, 11) is 1.61. The minimum atomic E-state index is -4.69. The molecule has 0 saturated heterocycles. The summed E-state index contributed by atoms with van der Waals surface area (Å²) in [5.41, 5.74) is 8.47. The molecule has 8 heteroatoms. The Morgan fingerprint density at radius 1 is 1.12 bits per heavy atom. The maximum atomic E-state index is 12.1. The number of nitrogens with zero attached hydrogens (tertiary/aromatic N) is 1. The number of ether oxygens (including phenoxy) is 2. The van der Waals surface area contributed by atoms with Crippen molar-refractivity contribution in [1.82, 2.24) is 0 Å². The highest BCUT2D eigenvalue weighted by Gasteiger charge is 2.30. The Labute approximate surface area is 149 Å². The lowest BCUT2D eigenvalue weighted by molar-refractivity contribution is -0.274. The van der Waals surface area contributed by atoms with E-state index < -0.39 is 6.36 Å². The summed E-state index contributed by atoms with van der Waals surface area (Å²) in [5, 5.41) is 3.02. The first-order valence-corrected chi connectivity index (χ1v) is 7.86. The minimum absolute atomic E-state index is 0.249. The Hall–Kier alpha value is -2.74. The number of alkyl halides is 3. The number of para-hydroxylation sites is 1. The fourth-order valence-corrected chi connectivity index (χ4v) is 2.26. The lowest BCUT2D eigenvalue weighted by Gasteiger charge is -2.11. The van der Waals surface area contributed by atoms with Gasteiger partial charge in [-0.05, 0) is 30.2 Å². The second-order valence-corrected chi connectivity index (χ2v) is 5.42. The number of anilines is 1. The van der Waals surface area contributed by atoms with E-state index in [0.717, 1.165) is 16.8 Å². The van der Waals surface area contributed by atoms with Crippen molar-refractivity contribution in [3.8, 4) is 5.75 Å². The minimum Gasteiger partial charge on any atom is -0.406 e. The molecule has 0 unspecified atom stereocenters. The van der Waals surface area contributed by atoms with E-state index in [0.29, 0.717) is 19.6 Å². The van der Waals surface area contributed by atoms with Gasteiger partial charge in [-0.1, -0.05) is 30.3 Å². The summed E-state index contributed by atoms with van der Waals surface area (Å²) < 4.78 is 45.3. The van der Waals surface area contributed by atoms with Gasteiger partial charge in [-0.25, -0.2) is 0 Å². The quantitative estimate of drug-likeness (QED) is 0.578. The monoisotopic (exact) mass is 367 g/mol. The molecule has 0 aliphatic rings. The molecule has 0 aliphatic carbocycles. The summed E-state index contributed by atoms with van der Waals surface area (Å²) in [5.74, 6) is 0.00580. The number of hydrogen-bond donors (Lipinski definition) is 2. The Balaban J connectivity index is 1.88. The zero-order valence-electron chi connectivity index (χ0n) is 14.2. The Bertz CT molecular complexity index is 731. The van der Waals surface area contributed by atoms with Gasteiger partial charge < -0.3 is 20.5 Å². The van der Waals surface area contributed by atoms with E-state index in [2.05, 4.69) is 15.0 Å². The van der Waals surface area contributed by atoms with Crippen molar-refractivity contribution in [3.63, 3.8) is 0 Å². The SMILES string of the molecule is COCc1ccccc1NC(N)=NCCc1ccc(OC(F)(F)F)cc1. The molecule has 0 amide bonds. The van der Waals surface area contributed by atoms with E-state index in [9.17, 15) is 13.2 Å². The van der Waals surface area contributed by atoms with Crippen molar-refractivity contribution in [2.24, 2.45) is 10.7 Å². The maximum absolute atomic E-state index is 12.1. The van der Waals surface area contributed by atoms with Crippen LogP contribution >= 0.6 is 0 Å². The molecule has 0 radical (unpaired) electrons. The molecule has 5 nitrogen and oxygen atoms in total. The molecule has 2 aromatic carbocycles. The lowest BCUT2D eigenvalue weighted by atomic mass is 10.1. The number of nitrogens with one attached hydrogen (secondary N) is 1. The van der Waals surface area contributed by atoms with Gasteiger partial charge in [0.1, 0.15) is 5.75 Å². The van der Waals surface area contributed by atoms with Crippen LogP contribution in [0.4, 0.5) is 18.9 Å². The zero-order valence-corrected chi connectivity index (χ0v) is 14.2. The predicted molar refractivity (Wildman–Crippen MR) is 94.1 cm³/mol. The molecule has 0 aromatic heterocycles. The van der Waals surface area contributed by atoms with Crippen LogP contribution in [-0.4, -0.2) is 26.0 Å². The highest BCUT2D eigenvalue weighted by Crippen LogP contribution is 2.22. The molecule has 0 fully saturated rings. The fourth-order valence-electron chi connectivity index (χ4n) is 2.26. The van der Waals surface area contributed by atoms with Gasteiger partial charge in [0.05, 0.1) is 6.61 Å². The molecule has 26 heavy (non-hydrogen) atoms. The third-order valence-corrected chi connectivity index (χ3v) is 3.42. The average molecular weight is 367 g/mol. The molecule has 2 aromatic rings. The summed E-state index contributed by atoms with van der Waals surface area (Å²) in [6, 6.07) is 13.2. The first-order valence-electron chi connectivity index (χ1n) is 7.86. The molecular weight excluding hydrogens is 347 g/mol. The smallest absolute Gasteiger partial charge is 0.406 e. The Kier molecular flexibility index (Phi) is 6.85. The predicted octanol–water partition coefficient (Wildman–Crippen LogP) is 3.70. The van der Waals surface area contributed by atoms with Crippen molar-refractivity contribution in [2.75, 3.05) is 19.0 Å². The third kappa shape index (κ3) is 6.64. The van der Waals surface area contributed by atoms with Crippen LogP contribution in [0.5, 0.6) is 5.75 Å². The van der Waals surface area contributed by atoms with Gasteiger partial charge in [-0.15, -0.1) is 13.2 Å². The van der Waals surface area contributed by atoms with Gasteiger partial charge in [-0.2, -0.15) is 0 Å². The van der Waals surface area contributed by atoms with Crippen molar-refractivity contribution in [2.45, 2.75) is 19.4 Å². The standard InChI is InChI=1S/C18H20F3N3O2/c1-25-12-14-4-2-3-5-16(14)24-17(22)23-11-10-13-6-8-15(9-7-13)26-18(19,20)21/h2-9H,10-12H2,1H3,(H3,22,23,24). The largest absolute Gasteiger partial charge is 0.573 e. The summed E-state index contributed by atoms with van der Waals surface area (Å²) >= 11 is 0. The number of nitrogens with two attached hydrogens (primary N) is 1. The Morgan fingerprint density at radius 3 is 2.46 bits per heavy atom. The highest BCUT2D eigenvalue weighted by atomic mass is 19.4. The van der Waals surface area contributed by atoms with Gasteiger partial charge in [-0.3, -0.25) is 4.99 Å². The summed E-state index contributed by atoms with van der Waals surface area (Å²) in [4.78, 5) is 4.23. The van der Waals surface area contributed by atoms with Gasteiger partial charge in [0.15, 0.2) is 5.96 Å². The van der Waals surface area contributed by atoms with Crippen molar-refractivity contribution in [1.29, 1.82) is 0 Å². The van der Waals surface area contributed by atoms with Crippen LogP contribution < -0.4 is 15.8 Å². The second-order valence-electron chi connectivity index (χ2n) is 5.42. The van der Waals surface area contributed by atoms with Crippen LogP contribution in [0.3, 0.4) is 0 Å². The normalized spacial score (nSPS) is 12.1. The Morgan fingerprint density at radius 2 is 1.81 bits per heavy atom. The van der Waals surface area contributed by atoms with Gasteiger partial charge in [0, 0.05) is 24.9 Å². The molecule has 0 bridgehead atoms. The van der Waals surface area contributed by atoms with Gasteiger partial charge in [0.25, 0.3) is 0 Å². The van der Waals surface area contributed by atoms with Crippen LogP contribution in [0.1, 0.15) is 11.1 Å². The van der Waals surface area contributed by atoms with Crippen LogP contribution in [0.2, 0.25) is 0 Å². The summed E-state index contributed by atoms with van der Waals surface area (Å²) in [6.45, 7) is 0.841. The zero-order chi connectivity index (χ0) is 19.0. The molecule has 140 valence electrons. The average Bonchev–Trinajstić information content (AvgIpc) is 2.57. The highest BCUT2D eigenvalue weighted by molar-refractivity contribution is 5.92. The molecule has 3 N–H and O–H groups in total. The van der Waals surface area contributed by atoms with Gasteiger partial charge >= 0.3 is 6.36 Å². The van der Waals surface area contributed by atoms with E-state index in [4.69, 9.17) is 10.5 Å². The topological polar surface area (TPSA) is 68.9 Å². The van der Waals surface area contributed by atoms with E-state index in [1.807, 2.05) is 24.3 Å². The summed E-state index contributed by atoms with van der Waals surface area (Å²) in [6.07, 6.45) is -4.15. The molecule has 0 heterocycles. The first-order chi connectivity index (χ1) is 12.4. The number of hydrogen-bond acceptors (Lipinski definition) is 3. The number of rotatable bonds is 7. The lowest BCUT2D eigenvalue weighted by Crippen LogP contribution is -2.23. The number of halogens is 3. The molecular formula is C18H20F3N3O2. The number of benzene rings is 2. The van der Waals surface area contributed by atoms with Crippen molar-refractivity contribution in [3.05, 3.63) is 59.7 Å². The second kappa shape index (κ2) is 9.10. The van der Waals surface area contributed by atoms with Crippen molar-refractivity contribution < 1.29 is 22.6 Å². The molecule has 0 spiro atoms. The van der Waals surface area contributed by atoms with E-state index >= 15 is 0 Å². The molecule has 0 aliphatic heterocycles. The van der Waals surface area contributed by atoms with Crippen LogP contribution in [0, 0.1) is 0 Å². The first kappa shape index (κ1) is 19.6. The van der Waals surface area contributed by atoms with Gasteiger partial charge in [0.2, 0.25) is 0 Å². The number of methoxy groups -OCH3 is 1. The number of aliphatic imine (C=N–C) groups is 1. The molecule has 0 atom stereocenters. The fraction of sp³-hybridized carbons (Fsp3) is 0.278. The van der Waals surface area contributed by atoms with Crippen LogP contribution in [-0.2, 0) is 17.8 Å². The van der Waals surface area contributed by atoms with Crippen molar-refractivity contribution >= 4 is 11.6 Å². The van der Waals surface area contributed by atoms with E-state index in [-0.39, 0.29) is 11.7 Å². The molecule has 0 saturated carbocycles. The van der Waals surface area contributed by atoms with Crippen LogP contribution in [0.15, 0.2) is 53.5 Å². The molecule has 2 rings (SSSR count). The van der Waals surface area contributed by atoms with E-state index in [1.165, 1.54) is 12.1 Å². The van der Waals surface area contributed by atoms with E-state index in [1.54, 1.807) is 19.2 Å². The maximum Gasteiger partial charge on any atom is 0.573 e.